The molecule has 0 radical (unpaired) electrons. The molecule has 4 heteroatoms. The molecular weight excluding hydrogens is 312 g/mol. The average molecular weight is 322 g/mol. The number of aromatic nitrogens is 2. The van der Waals surface area contributed by atoms with E-state index >= 15 is 0 Å². The Morgan fingerprint density at radius 3 is 2.83 bits per heavy atom. The summed E-state index contributed by atoms with van der Waals surface area (Å²) in [6.45, 7) is 2.06. The maximum Gasteiger partial charge on any atom is 0.139 e. The van der Waals surface area contributed by atoms with E-state index in [-0.39, 0.29) is 0 Å². The van der Waals surface area contributed by atoms with Gasteiger partial charge in [-0.15, -0.1) is 0 Å². The summed E-state index contributed by atoms with van der Waals surface area (Å²) in [7, 11) is 0. The van der Waals surface area contributed by atoms with Gasteiger partial charge in [0.2, 0.25) is 0 Å². The highest BCUT2D eigenvalue weighted by Crippen LogP contribution is 2.30. The second kappa shape index (κ2) is 4.41. The number of halogens is 2. The fourth-order valence-electron chi connectivity index (χ4n) is 1.98. The highest BCUT2D eigenvalue weighted by molar-refractivity contribution is 9.10. The molecule has 0 aliphatic rings. The zero-order valence-electron chi connectivity index (χ0n) is 9.67. The predicted molar refractivity (Wildman–Crippen MR) is 79.0 cm³/mol. The SMILES string of the molecule is Cc1cccc2[nH]c(-c3cc(Cl)ccc3Br)nc12. The van der Waals surface area contributed by atoms with Gasteiger partial charge in [-0.3, -0.25) is 0 Å². The number of nitrogens with zero attached hydrogens (tertiary/aromatic N) is 1. The summed E-state index contributed by atoms with van der Waals surface area (Å²) in [5.74, 6) is 0.827. The van der Waals surface area contributed by atoms with E-state index in [0.29, 0.717) is 5.02 Å². The largest absolute Gasteiger partial charge is 0.338 e. The summed E-state index contributed by atoms with van der Waals surface area (Å²) < 4.78 is 0.976. The molecule has 2 nitrogen and oxygen atoms in total. The van der Waals surface area contributed by atoms with Crippen molar-refractivity contribution in [3.8, 4) is 11.4 Å². The van der Waals surface area contributed by atoms with Crippen LogP contribution in [0.15, 0.2) is 40.9 Å². The van der Waals surface area contributed by atoms with Gasteiger partial charge in [-0.2, -0.15) is 0 Å². The van der Waals surface area contributed by atoms with Crippen LogP contribution < -0.4 is 0 Å². The van der Waals surface area contributed by atoms with Crippen LogP contribution in [-0.4, -0.2) is 9.97 Å². The lowest BCUT2D eigenvalue weighted by molar-refractivity contribution is 1.32. The second-order valence-electron chi connectivity index (χ2n) is 4.18. The van der Waals surface area contributed by atoms with Gasteiger partial charge < -0.3 is 4.98 Å². The Hall–Kier alpha value is -1.32. The van der Waals surface area contributed by atoms with Gasteiger partial charge in [-0.25, -0.2) is 4.98 Å². The third kappa shape index (κ3) is 1.93. The van der Waals surface area contributed by atoms with Gasteiger partial charge in [0.15, 0.2) is 0 Å². The molecule has 0 atom stereocenters. The fraction of sp³-hybridized carbons (Fsp3) is 0.0714. The van der Waals surface area contributed by atoms with Crippen LogP contribution in [0, 0.1) is 6.92 Å². The first-order chi connectivity index (χ1) is 8.65. The number of para-hydroxylation sites is 1. The van der Waals surface area contributed by atoms with Crippen molar-refractivity contribution in [2.24, 2.45) is 0 Å². The summed E-state index contributed by atoms with van der Waals surface area (Å²) in [5.41, 5.74) is 4.17. The first-order valence-corrected chi connectivity index (χ1v) is 6.73. The van der Waals surface area contributed by atoms with E-state index in [9.17, 15) is 0 Å². The molecule has 1 N–H and O–H groups in total. The predicted octanol–water partition coefficient (Wildman–Crippen LogP) is 4.95. The fourth-order valence-corrected chi connectivity index (χ4v) is 2.59. The molecule has 0 amide bonds. The highest BCUT2D eigenvalue weighted by Gasteiger charge is 2.10. The van der Waals surface area contributed by atoms with Crippen molar-refractivity contribution in [2.75, 3.05) is 0 Å². The quantitative estimate of drug-likeness (QED) is 0.674. The van der Waals surface area contributed by atoms with Crippen molar-refractivity contribution in [3.05, 3.63) is 51.5 Å². The molecular formula is C14H10BrClN2. The summed E-state index contributed by atoms with van der Waals surface area (Å²) in [6.07, 6.45) is 0. The summed E-state index contributed by atoms with van der Waals surface area (Å²) in [4.78, 5) is 7.96. The molecule has 0 fully saturated rings. The maximum atomic E-state index is 6.03. The van der Waals surface area contributed by atoms with Crippen LogP contribution >= 0.6 is 27.5 Å². The Labute approximate surface area is 118 Å². The van der Waals surface area contributed by atoms with Gasteiger partial charge in [0.05, 0.1) is 11.0 Å². The zero-order valence-corrected chi connectivity index (χ0v) is 12.0. The number of aromatic amines is 1. The van der Waals surface area contributed by atoms with Crippen molar-refractivity contribution < 1.29 is 0 Å². The number of rotatable bonds is 1. The Morgan fingerprint density at radius 2 is 2.06 bits per heavy atom. The van der Waals surface area contributed by atoms with E-state index in [2.05, 4.69) is 38.9 Å². The minimum Gasteiger partial charge on any atom is -0.338 e. The number of fused-ring (bicyclic) bond motifs is 1. The number of imidazole rings is 1. The lowest BCUT2D eigenvalue weighted by Gasteiger charge is -2.00. The average Bonchev–Trinajstić information content (AvgIpc) is 2.77. The van der Waals surface area contributed by atoms with Crippen molar-refractivity contribution >= 4 is 38.6 Å². The third-order valence-corrected chi connectivity index (χ3v) is 3.82. The van der Waals surface area contributed by atoms with Crippen molar-refractivity contribution in [1.82, 2.24) is 9.97 Å². The molecule has 0 spiro atoms. The normalized spacial score (nSPS) is 11.1. The number of hydrogen-bond donors (Lipinski definition) is 1. The van der Waals surface area contributed by atoms with Crippen molar-refractivity contribution in [2.45, 2.75) is 6.92 Å². The minimum atomic E-state index is 0.699. The van der Waals surface area contributed by atoms with Crippen LogP contribution in [0.5, 0.6) is 0 Å². The van der Waals surface area contributed by atoms with Crippen LogP contribution in [0.2, 0.25) is 5.02 Å². The van der Waals surface area contributed by atoms with Crippen LogP contribution in [-0.2, 0) is 0 Å². The van der Waals surface area contributed by atoms with Gasteiger partial charge in [0.1, 0.15) is 5.82 Å². The summed E-state index contributed by atoms with van der Waals surface area (Å²) in [5, 5.41) is 0.699. The van der Waals surface area contributed by atoms with E-state index < -0.39 is 0 Å². The monoisotopic (exact) mass is 320 g/mol. The van der Waals surface area contributed by atoms with Gasteiger partial charge >= 0.3 is 0 Å². The van der Waals surface area contributed by atoms with Gasteiger partial charge in [-0.1, -0.05) is 39.7 Å². The Balaban J connectivity index is 2.26. The van der Waals surface area contributed by atoms with Crippen LogP contribution in [0.4, 0.5) is 0 Å². The van der Waals surface area contributed by atoms with E-state index in [0.717, 1.165) is 32.5 Å². The first-order valence-electron chi connectivity index (χ1n) is 5.56. The number of aryl methyl sites for hydroxylation is 1. The number of H-pyrrole nitrogens is 1. The van der Waals surface area contributed by atoms with E-state index in [4.69, 9.17) is 11.6 Å². The van der Waals surface area contributed by atoms with Gasteiger partial charge in [0, 0.05) is 15.1 Å². The topological polar surface area (TPSA) is 28.7 Å². The highest BCUT2D eigenvalue weighted by atomic mass is 79.9. The molecule has 0 aliphatic carbocycles. The van der Waals surface area contributed by atoms with Gasteiger partial charge in [-0.05, 0) is 36.8 Å². The molecule has 0 aliphatic heterocycles. The van der Waals surface area contributed by atoms with Crippen molar-refractivity contribution in [1.29, 1.82) is 0 Å². The lowest BCUT2D eigenvalue weighted by Crippen LogP contribution is -1.82. The Morgan fingerprint density at radius 1 is 1.22 bits per heavy atom. The minimum absolute atomic E-state index is 0.699. The molecule has 1 heterocycles. The number of hydrogen-bond acceptors (Lipinski definition) is 1. The molecule has 1 aromatic heterocycles. The molecule has 3 rings (SSSR count). The summed E-state index contributed by atoms with van der Waals surface area (Å²) in [6, 6.07) is 11.8. The van der Waals surface area contributed by atoms with Crippen LogP contribution in [0.1, 0.15) is 5.56 Å². The Kier molecular flexibility index (Phi) is 2.88. The van der Waals surface area contributed by atoms with E-state index in [1.807, 2.05) is 30.3 Å². The standard InChI is InChI=1S/C14H10BrClN2/c1-8-3-2-4-12-13(8)18-14(17-12)10-7-9(16)5-6-11(10)15/h2-7H,1H3,(H,17,18). The molecule has 0 bridgehead atoms. The molecule has 2 aromatic carbocycles. The maximum absolute atomic E-state index is 6.03. The van der Waals surface area contributed by atoms with E-state index in [1.165, 1.54) is 0 Å². The molecule has 0 unspecified atom stereocenters. The molecule has 0 saturated heterocycles. The van der Waals surface area contributed by atoms with Gasteiger partial charge in [0.25, 0.3) is 0 Å². The van der Waals surface area contributed by atoms with E-state index in [1.54, 1.807) is 0 Å². The first kappa shape index (κ1) is 11.8. The lowest BCUT2D eigenvalue weighted by atomic mass is 10.2. The number of benzene rings is 2. The molecule has 18 heavy (non-hydrogen) atoms. The molecule has 90 valence electrons. The van der Waals surface area contributed by atoms with Crippen molar-refractivity contribution in [3.63, 3.8) is 0 Å². The second-order valence-corrected chi connectivity index (χ2v) is 5.47. The van der Waals surface area contributed by atoms with Crippen LogP contribution in [0.3, 0.4) is 0 Å². The molecule has 0 saturated carbocycles. The smallest absolute Gasteiger partial charge is 0.139 e. The number of nitrogens with one attached hydrogen (secondary N) is 1. The zero-order chi connectivity index (χ0) is 12.7. The summed E-state index contributed by atoms with van der Waals surface area (Å²) >= 11 is 9.56. The Bertz CT molecular complexity index is 734. The van der Waals surface area contributed by atoms with Crippen LogP contribution in [0.25, 0.3) is 22.4 Å². The third-order valence-electron chi connectivity index (χ3n) is 2.90. The molecule has 3 aromatic rings.